The third-order valence-corrected chi connectivity index (χ3v) is 6.13. The fraction of sp³-hybridized carbons (Fsp3) is 0.700. The molecule has 118 valence electrons. The summed E-state index contributed by atoms with van der Waals surface area (Å²) in [6, 6.07) is 9.17. The molecule has 1 heteroatoms. The van der Waals surface area contributed by atoms with E-state index in [0.29, 0.717) is 10.8 Å². The molecule has 2 rings (SSSR count). The van der Waals surface area contributed by atoms with Crippen LogP contribution >= 0.6 is 11.6 Å². The first-order valence-electron chi connectivity index (χ1n) is 8.52. The molecule has 0 bridgehead atoms. The first-order chi connectivity index (χ1) is 9.88. The predicted octanol–water partition coefficient (Wildman–Crippen LogP) is 6.25. The number of aryl methyl sites for hydroxylation is 1. The van der Waals surface area contributed by atoms with E-state index in [1.807, 2.05) is 0 Å². The van der Waals surface area contributed by atoms with Crippen molar-refractivity contribution in [3.05, 3.63) is 35.4 Å². The van der Waals surface area contributed by atoms with Gasteiger partial charge in [0, 0.05) is 5.88 Å². The van der Waals surface area contributed by atoms with Gasteiger partial charge in [-0.1, -0.05) is 52.0 Å². The van der Waals surface area contributed by atoms with Crippen LogP contribution in [0.25, 0.3) is 0 Å². The van der Waals surface area contributed by atoms with Gasteiger partial charge in [-0.15, -0.1) is 11.6 Å². The Bertz CT molecular complexity index is 430. The number of benzene rings is 1. The monoisotopic (exact) mass is 306 g/mol. The SMILES string of the molecule is CCc1ccc(CC2(CCl)CCC(C(C)(C)C)CC2)cc1. The molecule has 1 saturated carbocycles. The molecular formula is C20H31Cl. The van der Waals surface area contributed by atoms with Crippen molar-refractivity contribution in [2.75, 3.05) is 5.88 Å². The van der Waals surface area contributed by atoms with Crippen LogP contribution in [0.3, 0.4) is 0 Å². The second kappa shape index (κ2) is 6.73. The van der Waals surface area contributed by atoms with Gasteiger partial charge in [0.2, 0.25) is 0 Å². The summed E-state index contributed by atoms with van der Waals surface area (Å²) in [5, 5.41) is 0. The second-order valence-electron chi connectivity index (χ2n) is 8.12. The van der Waals surface area contributed by atoms with Crippen molar-refractivity contribution in [3.63, 3.8) is 0 Å². The molecular weight excluding hydrogens is 276 g/mol. The van der Waals surface area contributed by atoms with Crippen LogP contribution in [0.15, 0.2) is 24.3 Å². The van der Waals surface area contributed by atoms with E-state index in [-0.39, 0.29) is 0 Å². The Hall–Kier alpha value is -0.490. The summed E-state index contributed by atoms with van der Waals surface area (Å²) in [4.78, 5) is 0. The lowest BCUT2D eigenvalue weighted by atomic mass is 9.63. The zero-order chi connectivity index (χ0) is 15.5. The first-order valence-corrected chi connectivity index (χ1v) is 9.06. The Labute approximate surface area is 136 Å². The molecule has 0 unspecified atom stereocenters. The van der Waals surface area contributed by atoms with Crippen LogP contribution < -0.4 is 0 Å². The zero-order valence-corrected chi connectivity index (χ0v) is 15.0. The standard InChI is InChI=1S/C20H31Cl/c1-5-16-6-8-17(9-7-16)14-20(15-21)12-10-18(11-13-20)19(2,3)4/h6-9,18H,5,10-15H2,1-4H3. The summed E-state index contributed by atoms with van der Waals surface area (Å²) in [5.41, 5.74) is 3.66. The maximum atomic E-state index is 6.41. The third-order valence-electron chi connectivity index (χ3n) is 5.56. The van der Waals surface area contributed by atoms with Gasteiger partial charge in [-0.05, 0) is 66.4 Å². The highest BCUT2D eigenvalue weighted by atomic mass is 35.5. The van der Waals surface area contributed by atoms with E-state index >= 15 is 0 Å². The van der Waals surface area contributed by atoms with Gasteiger partial charge in [0.25, 0.3) is 0 Å². The van der Waals surface area contributed by atoms with Gasteiger partial charge < -0.3 is 0 Å². The van der Waals surface area contributed by atoms with Gasteiger partial charge in [0.15, 0.2) is 0 Å². The van der Waals surface area contributed by atoms with Gasteiger partial charge in [-0.2, -0.15) is 0 Å². The van der Waals surface area contributed by atoms with E-state index in [1.54, 1.807) is 0 Å². The molecule has 0 amide bonds. The largest absolute Gasteiger partial charge is 0.126 e. The highest BCUT2D eigenvalue weighted by Crippen LogP contribution is 2.47. The van der Waals surface area contributed by atoms with Crippen molar-refractivity contribution >= 4 is 11.6 Å². The Morgan fingerprint density at radius 2 is 1.57 bits per heavy atom. The van der Waals surface area contributed by atoms with E-state index in [1.165, 1.54) is 36.8 Å². The molecule has 21 heavy (non-hydrogen) atoms. The third kappa shape index (κ3) is 4.25. The molecule has 0 saturated heterocycles. The molecule has 1 aromatic rings. The van der Waals surface area contributed by atoms with E-state index in [9.17, 15) is 0 Å². The molecule has 1 aliphatic carbocycles. The van der Waals surface area contributed by atoms with Gasteiger partial charge in [-0.3, -0.25) is 0 Å². The van der Waals surface area contributed by atoms with Gasteiger partial charge in [-0.25, -0.2) is 0 Å². The highest BCUT2D eigenvalue weighted by molar-refractivity contribution is 6.18. The van der Waals surface area contributed by atoms with Crippen molar-refractivity contribution in [2.45, 2.75) is 66.2 Å². The van der Waals surface area contributed by atoms with Crippen molar-refractivity contribution in [2.24, 2.45) is 16.7 Å². The normalized spacial score (nSPS) is 26.8. The van der Waals surface area contributed by atoms with Crippen LogP contribution in [0, 0.1) is 16.7 Å². The van der Waals surface area contributed by atoms with Gasteiger partial charge in [0.05, 0.1) is 0 Å². The molecule has 0 spiro atoms. The fourth-order valence-electron chi connectivity index (χ4n) is 3.78. The minimum absolute atomic E-state index is 0.330. The van der Waals surface area contributed by atoms with Crippen LogP contribution in [0.4, 0.5) is 0 Å². The van der Waals surface area contributed by atoms with E-state index in [0.717, 1.165) is 24.6 Å². The molecule has 0 aromatic heterocycles. The van der Waals surface area contributed by atoms with E-state index in [4.69, 9.17) is 11.6 Å². The number of hydrogen-bond donors (Lipinski definition) is 0. The van der Waals surface area contributed by atoms with Gasteiger partial charge in [0.1, 0.15) is 0 Å². The molecule has 0 atom stereocenters. The molecule has 0 N–H and O–H groups in total. The molecule has 0 aliphatic heterocycles. The smallest absolute Gasteiger partial charge is 0.0283 e. The lowest BCUT2D eigenvalue weighted by Crippen LogP contribution is -2.35. The topological polar surface area (TPSA) is 0 Å². The van der Waals surface area contributed by atoms with E-state index < -0.39 is 0 Å². The van der Waals surface area contributed by atoms with Crippen molar-refractivity contribution in [1.82, 2.24) is 0 Å². The summed E-state index contributed by atoms with van der Waals surface area (Å²) in [6.45, 7) is 9.36. The quantitative estimate of drug-likeness (QED) is 0.576. The van der Waals surface area contributed by atoms with Crippen molar-refractivity contribution < 1.29 is 0 Å². The number of rotatable bonds is 4. The van der Waals surface area contributed by atoms with Crippen LogP contribution in [0.1, 0.15) is 64.5 Å². The molecule has 0 nitrogen and oxygen atoms in total. The average Bonchev–Trinajstić information content (AvgIpc) is 2.47. The maximum Gasteiger partial charge on any atom is 0.0283 e. The molecule has 1 aliphatic rings. The highest BCUT2D eigenvalue weighted by Gasteiger charge is 2.38. The molecule has 0 heterocycles. The minimum Gasteiger partial charge on any atom is -0.126 e. The second-order valence-corrected chi connectivity index (χ2v) is 8.39. The van der Waals surface area contributed by atoms with E-state index in [2.05, 4.69) is 52.0 Å². The Balaban J connectivity index is 2.02. The summed E-state index contributed by atoms with van der Waals surface area (Å²) in [6.07, 6.45) is 7.51. The van der Waals surface area contributed by atoms with Crippen LogP contribution in [-0.2, 0) is 12.8 Å². The molecule has 1 fully saturated rings. The van der Waals surface area contributed by atoms with Crippen molar-refractivity contribution in [1.29, 1.82) is 0 Å². The average molecular weight is 307 g/mol. The zero-order valence-electron chi connectivity index (χ0n) is 14.2. The fourth-order valence-corrected chi connectivity index (χ4v) is 4.14. The summed E-state index contributed by atoms with van der Waals surface area (Å²) < 4.78 is 0. The lowest BCUT2D eigenvalue weighted by molar-refractivity contribution is 0.102. The number of halogens is 1. The molecule has 0 radical (unpaired) electrons. The molecule has 1 aromatic carbocycles. The number of hydrogen-bond acceptors (Lipinski definition) is 0. The van der Waals surface area contributed by atoms with Crippen molar-refractivity contribution in [3.8, 4) is 0 Å². The Kier molecular flexibility index (Phi) is 5.41. The summed E-state index contributed by atoms with van der Waals surface area (Å²) >= 11 is 6.41. The maximum absolute atomic E-state index is 6.41. The first kappa shape index (κ1) is 16.9. The van der Waals surface area contributed by atoms with Crippen LogP contribution in [0.5, 0.6) is 0 Å². The summed E-state index contributed by atoms with van der Waals surface area (Å²) in [5.74, 6) is 1.66. The Morgan fingerprint density at radius 3 is 2.00 bits per heavy atom. The van der Waals surface area contributed by atoms with Gasteiger partial charge >= 0.3 is 0 Å². The summed E-state index contributed by atoms with van der Waals surface area (Å²) in [7, 11) is 0. The lowest BCUT2D eigenvalue weighted by Gasteiger charge is -2.43. The predicted molar refractivity (Wildman–Crippen MR) is 94.1 cm³/mol. The van der Waals surface area contributed by atoms with Crippen LogP contribution in [-0.4, -0.2) is 5.88 Å². The Morgan fingerprint density at radius 1 is 1.05 bits per heavy atom. The van der Waals surface area contributed by atoms with Crippen LogP contribution in [0.2, 0.25) is 0 Å². The minimum atomic E-state index is 0.330. The number of alkyl halides is 1.